The molecule has 0 saturated carbocycles. The minimum atomic E-state index is -1.66. The van der Waals surface area contributed by atoms with Gasteiger partial charge in [0.15, 0.2) is 0 Å². The van der Waals surface area contributed by atoms with Crippen LogP contribution in [0.5, 0.6) is 0 Å². The Balaban J connectivity index is 1.66. The Kier molecular flexibility index (Phi) is 2.99. The molecule has 0 bridgehead atoms. The maximum Gasteiger partial charge on any atom is 0.143 e. The summed E-state index contributed by atoms with van der Waals surface area (Å²) in [7, 11) is 0. The summed E-state index contributed by atoms with van der Waals surface area (Å²) in [5, 5.41) is 1.21. The van der Waals surface area contributed by atoms with Crippen LogP contribution in [0.3, 0.4) is 0 Å². The predicted octanol–water partition coefficient (Wildman–Crippen LogP) is 8.25. The van der Waals surface area contributed by atoms with Gasteiger partial charge in [-0.3, -0.25) is 0 Å². The van der Waals surface area contributed by atoms with Crippen LogP contribution in [0.25, 0.3) is 44.2 Å². The zero-order valence-corrected chi connectivity index (χ0v) is 20.6. The summed E-state index contributed by atoms with van der Waals surface area (Å²) in [5.74, 6) is -2.70. The standard InChI is InChI=1S/C38H28O/c1-3-13-25(14-4-1)33-23-27(24-34-28-17-11-12-22-35(28)39-38(33)34)37-31-20-9-7-18-29(31)36(26-15-5-2-6-16-26)30-19-8-10-21-32(30)37/h1-5,7-15,17-24,29,31H,6,16H2/i2D,5D,6D,7D,8D,9D,10D,15D,16D,18D,19D,20D,21D. The van der Waals surface area contributed by atoms with E-state index in [0.717, 1.165) is 10.9 Å². The van der Waals surface area contributed by atoms with E-state index in [9.17, 15) is 5.48 Å². The van der Waals surface area contributed by atoms with Crippen molar-refractivity contribution in [1.29, 1.82) is 0 Å². The molecule has 0 saturated heterocycles. The lowest BCUT2D eigenvalue weighted by Crippen LogP contribution is -2.40. The Morgan fingerprint density at radius 2 is 1.49 bits per heavy atom. The molecule has 8 rings (SSSR count). The molecule has 4 atom stereocenters. The van der Waals surface area contributed by atoms with Gasteiger partial charge in [0, 0.05) is 30.9 Å². The monoisotopic (exact) mass is 513 g/mol. The van der Waals surface area contributed by atoms with Gasteiger partial charge in [-0.1, -0.05) is 115 Å². The quantitative estimate of drug-likeness (QED) is 0.237. The number of hydrogen-bond donors (Lipinski definition) is 0. The second-order valence-electron chi connectivity index (χ2n) is 9.58. The molecule has 3 aliphatic carbocycles. The van der Waals surface area contributed by atoms with Crippen molar-refractivity contribution in [2.45, 2.75) is 12.8 Å². The largest absolute Gasteiger partial charge is 0.455 e. The normalized spacial score (nSPS) is 30.1. The van der Waals surface area contributed by atoms with E-state index in [4.69, 9.17) is 16.8 Å². The molecule has 1 aromatic heterocycles. The van der Waals surface area contributed by atoms with Crippen LogP contribution in [0.1, 0.15) is 36.2 Å². The molecule has 1 nitrogen and oxygen atoms in total. The highest BCUT2D eigenvalue weighted by Gasteiger charge is 2.33. The van der Waals surface area contributed by atoms with Crippen molar-refractivity contribution >= 4 is 33.1 Å². The molecular weight excluding hydrogens is 472 g/mol. The molecule has 3 aliphatic rings. The fraction of sp³-hybridized carbons (Fsp3) is 0.105. The summed E-state index contributed by atoms with van der Waals surface area (Å²) < 4.78 is 122. The molecule has 1 heteroatoms. The SMILES string of the molecule is [2H]C1=C([2H])C([2H])C([2H])C(C2=c3c([2H])c([2H])c([2H])c([2H])c3=C(c3cc(-c4ccccc4)c4oc5ccccc5c4c3)C3C([2H])=C([2H])C([2H])=C([2H])C23)=C1[2H]. The highest BCUT2D eigenvalue weighted by atomic mass is 16.3. The molecule has 0 aliphatic heterocycles. The van der Waals surface area contributed by atoms with Crippen molar-refractivity contribution < 1.29 is 22.2 Å². The van der Waals surface area contributed by atoms with Gasteiger partial charge in [-0.2, -0.15) is 0 Å². The summed E-state index contributed by atoms with van der Waals surface area (Å²) in [5.41, 5.74) is 2.77. The smallest absolute Gasteiger partial charge is 0.143 e. The summed E-state index contributed by atoms with van der Waals surface area (Å²) in [6.45, 7) is 0. The Morgan fingerprint density at radius 3 is 2.33 bits per heavy atom. The number of benzene rings is 4. The Morgan fingerprint density at radius 1 is 0.744 bits per heavy atom. The first-order valence-corrected chi connectivity index (χ1v) is 12.7. The highest BCUT2D eigenvalue weighted by molar-refractivity contribution is 6.11. The summed E-state index contributed by atoms with van der Waals surface area (Å²) in [6, 6.07) is 14.3. The lowest BCUT2D eigenvalue weighted by atomic mass is 9.69. The first-order chi connectivity index (χ1) is 24.8. The number of para-hydroxylation sites is 1. The van der Waals surface area contributed by atoms with E-state index < -0.39 is 91.2 Å². The maximum atomic E-state index is 9.35. The fourth-order valence-corrected chi connectivity index (χ4v) is 5.81. The van der Waals surface area contributed by atoms with Crippen molar-refractivity contribution in [3.63, 3.8) is 0 Å². The molecule has 186 valence electrons. The molecule has 0 radical (unpaired) electrons. The van der Waals surface area contributed by atoms with E-state index in [1.165, 1.54) is 0 Å². The van der Waals surface area contributed by atoms with Crippen LogP contribution in [0.4, 0.5) is 0 Å². The third kappa shape index (κ3) is 3.54. The van der Waals surface area contributed by atoms with Crippen LogP contribution >= 0.6 is 0 Å². The average Bonchev–Trinajstić information content (AvgIpc) is 3.54. The number of hydrogen-bond acceptors (Lipinski definition) is 1. The van der Waals surface area contributed by atoms with Crippen LogP contribution in [0, 0.1) is 11.8 Å². The molecule has 5 aromatic rings. The summed E-state index contributed by atoms with van der Waals surface area (Å²) >= 11 is 0. The van der Waals surface area contributed by atoms with E-state index in [0.29, 0.717) is 27.7 Å². The van der Waals surface area contributed by atoms with Crippen LogP contribution in [0.2, 0.25) is 0 Å². The molecule has 39 heavy (non-hydrogen) atoms. The van der Waals surface area contributed by atoms with Crippen molar-refractivity contribution in [3.8, 4) is 11.1 Å². The third-order valence-electron chi connectivity index (χ3n) is 7.47. The molecule has 0 spiro atoms. The summed E-state index contributed by atoms with van der Waals surface area (Å²) in [4.78, 5) is 0. The van der Waals surface area contributed by atoms with E-state index in [-0.39, 0.29) is 27.2 Å². The van der Waals surface area contributed by atoms with E-state index >= 15 is 0 Å². The second-order valence-corrected chi connectivity index (χ2v) is 9.58. The molecule has 1 heterocycles. The number of rotatable bonds is 3. The van der Waals surface area contributed by atoms with Crippen molar-refractivity contribution in [2.24, 2.45) is 11.8 Å². The molecule has 4 aromatic carbocycles. The van der Waals surface area contributed by atoms with Crippen LogP contribution < -0.4 is 10.4 Å². The molecule has 4 unspecified atom stereocenters. The maximum absolute atomic E-state index is 9.35. The lowest BCUT2D eigenvalue weighted by Gasteiger charge is -2.34. The molecular formula is C38H28O. The third-order valence-corrected chi connectivity index (χ3v) is 7.47. The number of allylic oxidation sites excluding steroid dienone is 8. The minimum Gasteiger partial charge on any atom is -0.455 e. The topological polar surface area (TPSA) is 13.1 Å². The molecule has 0 N–H and O–H groups in total. The zero-order valence-electron chi connectivity index (χ0n) is 33.6. The van der Waals surface area contributed by atoms with Gasteiger partial charge in [0.2, 0.25) is 0 Å². The number of furan rings is 1. The summed E-state index contributed by atoms with van der Waals surface area (Å²) in [6.07, 6.45) is -3.28. The van der Waals surface area contributed by atoms with E-state index in [2.05, 4.69) is 0 Å². The van der Waals surface area contributed by atoms with Gasteiger partial charge in [0.1, 0.15) is 11.2 Å². The Hall–Kier alpha value is -4.62. The predicted molar refractivity (Wildman–Crippen MR) is 162 cm³/mol. The zero-order chi connectivity index (χ0) is 37.1. The van der Waals surface area contributed by atoms with Gasteiger partial charge in [0.25, 0.3) is 0 Å². The van der Waals surface area contributed by atoms with Gasteiger partial charge < -0.3 is 4.42 Å². The first-order valence-electron chi connectivity index (χ1n) is 19.4. The Labute approximate surface area is 246 Å². The van der Waals surface area contributed by atoms with Crippen molar-refractivity contribution in [2.75, 3.05) is 0 Å². The van der Waals surface area contributed by atoms with E-state index in [1.807, 2.05) is 54.6 Å². The van der Waals surface area contributed by atoms with Crippen molar-refractivity contribution in [3.05, 3.63) is 155 Å². The lowest BCUT2D eigenvalue weighted by molar-refractivity contribution is 0.669. The minimum absolute atomic E-state index is 0.0617. The van der Waals surface area contributed by atoms with Crippen LogP contribution in [-0.2, 0) is 0 Å². The van der Waals surface area contributed by atoms with Gasteiger partial charge in [0.05, 0.1) is 15.1 Å². The van der Waals surface area contributed by atoms with Gasteiger partial charge in [-0.25, -0.2) is 0 Å². The average molecular weight is 514 g/mol. The second kappa shape index (κ2) is 8.99. The fourth-order valence-electron chi connectivity index (χ4n) is 5.81. The first kappa shape index (κ1) is 13.0. The highest BCUT2D eigenvalue weighted by Crippen LogP contribution is 2.44. The Bertz CT molecular complexity index is 2680. The van der Waals surface area contributed by atoms with Crippen LogP contribution in [-0.4, -0.2) is 0 Å². The molecule has 0 amide bonds. The number of fused-ring (bicyclic) bond motifs is 5. The van der Waals surface area contributed by atoms with Gasteiger partial charge >= 0.3 is 0 Å². The molecule has 0 fully saturated rings. The van der Waals surface area contributed by atoms with E-state index in [1.54, 1.807) is 12.1 Å². The van der Waals surface area contributed by atoms with Crippen molar-refractivity contribution in [1.82, 2.24) is 0 Å². The van der Waals surface area contributed by atoms with Gasteiger partial charge in [-0.15, -0.1) is 0 Å². The van der Waals surface area contributed by atoms with Crippen LogP contribution in [0.15, 0.2) is 143 Å². The van der Waals surface area contributed by atoms with Gasteiger partial charge in [-0.05, 0) is 69.3 Å².